The van der Waals surface area contributed by atoms with Crippen molar-refractivity contribution in [1.82, 2.24) is 0 Å². The summed E-state index contributed by atoms with van der Waals surface area (Å²) in [5, 5.41) is 2.83. The number of nitrogens with zero attached hydrogens (tertiary/aromatic N) is 2. The number of rotatable bonds is 4. The SMILES string of the molecule is Cc1ccc2c(c1)N(S(C)(=O)=O)C[C@@H](C(=O)Nc1ccc(N3CCOCC3)cc1)O2. The molecule has 0 bridgehead atoms. The van der Waals surface area contributed by atoms with Gasteiger partial charge < -0.3 is 19.7 Å². The quantitative estimate of drug-likeness (QED) is 0.797. The molecular weight excluding hydrogens is 406 g/mol. The minimum atomic E-state index is -3.56. The van der Waals surface area contributed by atoms with Crippen molar-refractivity contribution in [2.24, 2.45) is 0 Å². The molecule has 1 saturated heterocycles. The van der Waals surface area contributed by atoms with Crippen LogP contribution in [0.1, 0.15) is 5.56 Å². The van der Waals surface area contributed by atoms with Crippen molar-refractivity contribution < 1.29 is 22.7 Å². The summed E-state index contributed by atoms with van der Waals surface area (Å²) in [6.45, 7) is 4.88. The highest BCUT2D eigenvalue weighted by atomic mass is 32.2. The molecule has 1 atom stereocenters. The Labute approximate surface area is 176 Å². The Kier molecular flexibility index (Phi) is 5.57. The predicted molar refractivity (Wildman–Crippen MR) is 116 cm³/mol. The topological polar surface area (TPSA) is 88.2 Å². The van der Waals surface area contributed by atoms with Crippen molar-refractivity contribution in [1.29, 1.82) is 0 Å². The lowest BCUT2D eigenvalue weighted by Crippen LogP contribution is -2.48. The van der Waals surface area contributed by atoms with E-state index in [1.807, 2.05) is 37.3 Å². The summed E-state index contributed by atoms with van der Waals surface area (Å²) in [6, 6.07) is 12.8. The Hall–Kier alpha value is -2.78. The maximum absolute atomic E-state index is 12.8. The fourth-order valence-electron chi connectivity index (χ4n) is 3.61. The van der Waals surface area contributed by atoms with Gasteiger partial charge in [0.15, 0.2) is 6.10 Å². The van der Waals surface area contributed by atoms with E-state index in [0.717, 1.165) is 30.6 Å². The zero-order valence-electron chi connectivity index (χ0n) is 17.0. The van der Waals surface area contributed by atoms with E-state index in [1.165, 1.54) is 4.31 Å². The summed E-state index contributed by atoms with van der Waals surface area (Å²) in [5.74, 6) is -0.0194. The summed E-state index contributed by atoms with van der Waals surface area (Å²) >= 11 is 0. The molecule has 0 radical (unpaired) electrons. The fraction of sp³-hybridized carbons (Fsp3) is 0.381. The van der Waals surface area contributed by atoms with Crippen molar-refractivity contribution >= 4 is 33.0 Å². The molecule has 9 heteroatoms. The molecule has 0 unspecified atom stereocenters. The minimum absolute atomic E-state index is 0.0764. The molecule has 1 amide bonds. The van der Waals surface area contributed by atoms with E-state index in [0.29, 0.717) is 30.3 Å². The number of carbonyl (C=O) groups is 1. The molecule has 2 aromatic carbocycles. The van der Waals surface area contributed by atoms with Crippen LogP contribution in [0.2, 0.25) is 0 Å². The largest absolute Gasteiger partial charge is 0.476 e. The highest BCUT2D eigenvalue weighted by Gasteiger charge is 2.35. The standard InChI is InChI=1S/C21H25N3O5S/c1-15-3-8-19-18(13-15)24(30(2,26)27)14-20(29-19)21(25)22-16-4-6-17(7-5-16)23-9-11-28-12-10-23/h3-8,13,20H,9-12,14H2,1-2H3,(H,22,25)/t20-/m0/s1. The second-order valence-electron chi connectivity index (χ2n) is 7.51. The first-order valence-corrected chi connectivity index (χ1v) is 11.6. The summed E-state index contributed by atoms with van der Waals surface area (Å²) in [4.78, 5) is 15.0. The minimum Gasteiger partial charge on any atom is -0.476 e. The molecule has 0 saturated carbocycles. The lowest BCUT2D eigenvalue weighted by molar-refractivity contribution is -0.122. The Morgan fingerprint density at radius 3 is 2.47 bits per heavy atom. The van der Waals surface area contributed by atoms with Gasteiger partial charge in [-0.3, -0.25) is 9.10 Å². The summed E-state index contributed by atoms with van der Waals surface area (Å²) in [5.41, 5.74) is 3.06. The monoisotopic (exact) mass is 431 g/mol. The van der Waals surface area contributed by atoms with Crippen LogP contribution in [-0.4, -0.2) is 59.5 Å². The van der Waals surface area contributed by atoms with Gasteiger partial charge >= 0.3 is 0 Å². The van der Waals surface area contributed by atoms with Crippen molar-refractivity contribution in [3.05, 3.63) is 48.0 Å². The molecule has 1 fully saturated rings. The van der Waals surface area contributed by atoms with E-state index in [-0.39, 0.29) is 6.54 Å². The van der Waals surface area contributed by atoms with Crippen LogP contribution in [0.5, 0.6) is 5.75 Å². The van der Waals surface area contributed by atoms with Crippen LogP contribution in [0.25, 0.3) is 0 Å². The summed E-state index contributed by atoms with van der Waals surface area (Å²) in [6.07, 6.45) is 0.179. The number of anilines is 3. The number of sulfonamides is 1. The second kappa shape index (κ2) is 8.16. The molecule has 1 N–H and O–H groups in total. The van der Waals surface area contributed by atoms with Crippen molar-refractivity contribution in [3.8, 4) is 5.75 Å². The number of benzene rings is 2. The van der Waals surface area contributed by atoms with Crippen LogP contribution >= 0.6 is 0 Å². The van der Waals surface area contributed by atoms with Gasteiger partial charge in [0.25, 0.3) is 5.91 Å². The summed E-state index contributed by atoms with van der Waals surface area (Å²) < 4.78 is 37.0. The summed E-state index contributed by atoms with van der Waals surface area (Å²) in [7, 11) is -3.56. The zero-order valence-corrected chi connectivity index (χ0v) is 17.8. The number of hydrogen-bond donors (Lipinski definition) is 1. The van der Waals surface area contributed by atoms with Gasteiger partial charge in [0.05, 0.1) is 31.7 Å². The first-order valence-electron chi connectivity index (χ1n) is 9.80. The highest BCUT2D eigenvalue weighted by Crippen LogP contribution is 2.36. The van der Waals surface area contributed by atoms with Gasteiger partial charge in [-0.2, -0.15) is 0 Å². The molecule has 2 aliphatic rings. The van der Waals surface area contributed by atoms with E-state index in [1.54, 1.807) is 12.1 Å². The molecule has 0 spiro atoms. The van der Waals surface area contributed by atoms with E-state index in [9.17, 15) is 13.2 Å². The maximum atomic E-state index is 12.8. The maximum Gasteiger partial charge on any atom is 0.267 e. The molecule has 4 rings (SSSR count). The van der Waals surface area contributed by atoms with Crippen molar-refractivity contribution in [3.63, 3.8) is 0 Å². The molecule has 2 aliphatic heterocycles. The molecule has 0 aromatic heterocycles. The number of ether oxygens (including phenoxy) is 2. The van der Waals surface area contributed by atoms with Gasteiger partial charge in [0, 0.05) is 24.5 Å². The van der Waals surface area contributed by atoms with E-state index < -0.39 is 22.0 Å². The first kappa shape index (κ1) is 20.5. The van der Waals surface area contributed by atoms with Crippen LogP contribution < -0.4 is 19.3 Å². The number of aryl methyl sites for hydroxylation is 1. The molecule has 8 nitrogen and oxygen atoms in total. The fourth-order valence-corrected chi connectivity index (χ4v) is 4.52. The molecule has 2 aromatic rings. The van der Waals surface area contributed by atoms with Gasteiger partial charge in [0.1, 0.15) is 5.75 Å². The lowest BCUT2D eigenvalue weighted by atomic mass is 10.1. The Balaban J connectivity index is 1.49. The molecule has 30 heavy (non-hydrogen) atoms. The number of hydrogen-bond acceptors (Lipinski definition) is 6. The molecule has 2 heterocycles. The number of carbonyl (C=O) groups excluding carboxylic acids is 1. The third kappa shape index (κ3) is 4.36. The van der Waals surface area contributed by atoms with Crippen LogP contribution in [0.3, 0.4) is 0 Å². The Morgan fingerprint density at radius 2 is 1.80 bits per heavy atom. The predicted octanol–water partition coefficient (Wildman–Crippen LogP) is 2.00. The second-order valence-corrected chi connectivity index (χ2v) is 9.41. The van der Waals surface area contributed by atoms with E-state index in [2.05, 4.69) is 10.2 Å². The third-order valence-electron chi connectivity index (χ3n) is 5.19. The van der Waals surface area contributed by atoms with E-state index in [4.69, 9.17) is 9.47 Å². The zero-order chi connectivity index (χ0) is 21.3. The van der Waals surface area contributed by atoms with Gasteiger partial charge in [0.2, 0.25) is 10.0 Å². The normalized spacial score (nSPS) is 19.1. The Bertz CT molecular complexity index is 1030. The van der Waals surface area contributed by atoms with Crippen LogP contribution in [0, 0.1) is 6.92 Å². The lowest BCUT2D eigenvalue weighted by Gasteiger charge is -2.34. The van der Waals surface area contributed by atoms with Crippen molar-refractivity contribution in [2.75, 3.05) is 53.6 Å². The smallest absolute Gasteiger partial charge is 0.267 e. The first-order chi connectivity index (χ1) is 14.3. The number of nitrogens with one attached hydrogen (secondary N) is 1. The molecular formula is C21H25N3O5S. The molecule has 160 valence electrons. The van der Waals surface area contributed by atoms with Crippen LogP contribution in [0.4, 0.5) is 17.1 Å². The van der Waals surface area contributed by atoms with Gasteiger partial charge in [-0.05, 0) is 48.9 Å². The average molecular weight is 432 g/mol. The van der Waals surface area contributed by atoms with Gasteiger partial charge in [-0.1, -0.05) is 6.07 Å². The van der Waals surface area contributed by atoms with Gasteiger partial charge in [-0.25, -0.2) is 8.42 Å². The van der Waals surface area contributed by atoms with Crippen LogP contribution in [0.15, 0.2) is 42.5 Å². The van der Waals surface area contributed by atoms with Crippen molar-refractivity contribution in [2.45, 2.75) is 13.0 Å². The number of fused-ring (bicyclic) bond motifs is 1. The van der Waals surface area contributed by atoms with Crippen LogP contribution in [-0.2, 0) is 19.6 Å². The Morgan fingerprint density at radius 1 is 1.10 bits per heavy atom. The van der Waals surface area contributed by atoms with Gasteiger partial charge in [-0.15, -0.1) is 0 Å². The third-order valence-corrected chi connectivity index (χ3v) is 6.33. The average Bonchev–Trinajstić information content (AvgIpc) is 2.73. The number of morpholine rings is 1. The molecule has 0 aliphatic carbocycles. The number of amides is 1. The highest BCUT2D eigenvalue weighted by molar-refractivity contribution is 7.92. The van der Waals surface area contributed by atoms with E-state index >= 15 is 0 Å².